The number of carbonyl (C=O) groups is 1. The summed E-state index contributed by atoms with van der Waals surface area (Å²) in [5.74, 6) is -0.385. The average Bonchev–Trinajstić information content (AvgIpc) is 2.23. The maximum absolute atomic E-state index is 11.5. The van der Waals surface area contributed by atoms with Gasteiger partial charge in [0.05, 0.1) is 6.61 Å². The lowest BCUT2D eigenvalue weighted by atomic mass is 10.3. The Hall–Kier alpha value is -1.84. The Morgan fingerprint density at radius 1 is 1.50 bits per heavy atom. The predicted molar refractivity (Wildman–Crippen MR) is 61.2 cm³/mol. The smallest absolute Gasteiger partial charge is 0.330 e. The first-order valence-corrected chi connectivity index (χ1v) is 5.15. The molecule has 86 valence electrons. The molecule has 0 amide bonds. The molecule has 0 bridgehead atoms. The summed E-state index contributed by atoms with van der Waals surface area (Å²) in [6, 6.07) is 5.05. The molecule has 16 heavy (non-hydrogen) atoms. The quantitative estimate of drug-likeness (QED) is 0.568. The molecule has 0 radical (unpaired) electrons. The molecule has 1 aromatic heterocycles. The molecule has 0 unspecified atom stereocenters. The first-order valence-electron chi connectivity index (χ1n) is 5.15. The van der Waals surface area contributed by atoms with Crippen molar-refractivity contribution in [1.29, 1.82) is 0 Å². The molecule has 0 aliphatic carbocycles. The molecule has 0 saturated heterocycles. The second-order valence-corrected chi connectivity index (χ2v) is 3.27. The first kappa shape index (κ1) is 12.2. The van der Waals surface area contributed by atoms with Gasteiger partial charge < -0.3 is 9.30 Å². The molecule has 4 heteroatoms. The van der Waals surface area contributed by atoms with Crippen molar-refractivity contribution in [3.8, 4) is 0 Å². The van der Waals surface area contributed by atoms with Crippen molar-refractivity contribution >= 4 is 5.97 Å². The summed E-state index contributed by atoms with van der Waals surface area (Å²) in [6.07, 6.45) is 2.95. The van der Waals surface area contributed by atoms with E-state index in [1.807, 2.05) is 13.0 Å². The van der Waals surface area contributed by atoms with E-state index in [0.717, 1.165) is 5.69 Å². The predicted octanol–water partition coefficient (Wildman–Crippen LogP) is 1.28. The third kappa shape index (κ3) is 3.38. The molecule has 0 aliphatic heterocycles. The van der Waals surface area contributed by atoms with E-state index in [0.29, 0.717) is 13.2 Å². The van der Waals surface area contributed by atoms with Crippen LogP contribution in [-0.2, 0) is 16.1 Å². The van der Waals surface area contributed by atoms with Gasteiger partial charge in [-0.05, 0) is 19.9 Å². The molecular formula is C12H15NO3. The van der Waals surface area contributed by atoms with E-state index in [4.69, 9.17) is 4.74 Å². The van der Waals surface area contributed by atoms with Gasteiger partial charge in [0.25, 0.3) is 5.56 Å². The van der Waals surface area contributed by atoms with Crippen LogP contribution in [0.1, 0.15) is 12.6 Å². The number of aromatic nitrogens is 1. The highest BCUT2D eigenvalue weighted by Gasteiger charge is 1.97. The van der Waals surface area contributed by atoms with Crippen LogP contribution in [0.4, 0.5) is 0 Å². The molecular weight excluding hydrogens is 206 g/mol. The van der Waals surface area contributed by atoms with Gasteiger partial charge in [0, 0.05) is 24.4 Å². The van der Waals surface area contributed by atoms with E-state index in [-0.39, 0.29) is 11.5 Å². The van der Waals surface area contributed by atoms with Crippen LogP contribution in [-0.4, -0.2) is 17.1 Å². The number of nitrogens with zero attached hydrogens (tertiary/aromatic N) is 1. The van der Waals surface area contributed by atoms with E-state index in [1.54, 1.807) is 23.6 Å². The SMILES string of the molecule is CCOC(=O)/C=C/Cn1c(C)cccc1=O. The molecule has 0 saturated carbocycles. The van der Waals surface area contributed by atoms with Crippen LogP contribution in [0, 0.1) is 6.92 Å². The highest BCUT2D eigenvalue weighted by atomic mass is 16.5. The van der Waals surface area contributed by atoms with Gasteiger partial charge in [0.15, 0.2) is 0 Å². The fraction of sp³-hybridized carbons (Fsp3) is 0.333. The number of hydrogen-bond acceptors (Lipinski definition) is 3. The summed E-state index contributed by atoms with van der Waals surface area (Å²) in [7, 11) is 0. The topological polar surface area (TPSA) is 48.3 Å². The van der Waals surface area contributed by atoms with Crippen molar-refractivity contribution < 1.29 is 9.53 Å². The van der Waals surface area contributed by atoms with Crippen molar-refractivity contribution in [1.82, 2.24) is 4.57 Å². The Bertz CT molecular complexity index is 446. The molecule has 1 rings (SSSR count). The number of aryl methyl sites for hydroxylation is 1. The van der Waals surface area contributed by atoms with Gasteiger partial charge in [-0.25, -0.2) is 4.79 Å². The maximum atomic E-state index is 11.5. The number of allylic oxidation sites excluding steroid dienone is 1. The monoisotopic (exact) mass is 221 g/mol. The van der Waals surface area contributed by atoms with Crippen LogP contribution >= 0.6 is 0 Å². The third-order valence-electron chi connectivity index (χ3n) is 2.10. The fourth-order valence-electron chi connectivity index (χ4n) is 1.30. The average molecular weight is 221 g/mol. The van der Waals surface area contributed by atoms with E-state index in [1.165, 1.54) is 12.1 Å². The molecule has 0 aliphatic rings. The van der Waals surface area contributed by atoms with Gasteiger partial charge in [-0.3, -0.25) is 4.79 Å². The Balaban J connectivity index is 2.68. The lowest BCUT2D eigenvalue weighted by Crippen LogP contribution is -2.20. The molecule has 0 fully saturated rings. The van der Waals surface area contributed by atoms with E-state index >= 15 is 0 Å². The van der Waals surface area contributed by atoms with E-state index < -0.39 is 0 Å². The maximum Gasteiger partial charge on any atom is 0.330 e. The number of rotatable bonds is 4. The van der Waals surface area contributed by atoms with Crippen molar-refractivity contribution in [2.75, 3.05) is 6.61 Å². The van der Waals surface area contributed by atoms with Crippen LogP contribution in [0.3, 0.4) is 0 Å². The molecule has 0 aromatic carbocycles. The number of hydrogen-bond donors (Lipinski definition) is 0. The van der Waals surface area contributed by atoms with Gasteiger partial charge in [0.1, 0.15) is 0 Å². The highest BCUT2D eigenvalue weighted by molar-refractivity contribution is 5.81. The lowest BCUT2D eigenvalue weighted by molar-refractivity contribution is -0.137. The number of esters is 1. The molecule has 1 aromatic rings. The number of pyridine rings is 1. The van der Waals surface area contributed by atoms with Crippen LogP contribution in [0.15, 0.2) is 35.1 Å². The Kier molecular flexibility index (Phi) is 4.51. The zero-order valence-electron chi connectivity index (χ0n) is 9.47. The third-order valence-corrected chi connectivity index (χ3v) is 2.10. The minimum Gasteiger partial charge on any atom is -0.463 e. The fourth-order valence-corrected chi connectivity index (χ4v) is 1.30. The number of ether oxygens (including phenoxy) is 1. The van der Waals surface area contributed by atoms with Crippen LogP contribution in [0.2, 0.25) is 0 Å². The summed E-state index contributed by atoms with van der Waals surface area (Å²) in [4.78, 5) is 22.5. The molecule has 0 N–H and O–H groups in total. The van der Waals surface area contributed by atoms with E-state index in [2.05, 4.69) is 0 Å². The second kappa shape index (κ2) is 5.90. The molecule has 1 heterocycles. The van der Waals surface area contributed by atoms with Crippen molar-refractivity contribution in [2.24, 2.45) is 0 Å². The van der Waals surface area contributed by atoms with Gasteiger partial charge >= 0.3 is 5.97 Å². The van der Waals surface area contributed by atoms with Crippen molar-refractivity contribution in [3.05, 3.63) is 46.4 Å². The van der Waals surface area contributed by atoms with Crippen LogP contribution < -0.4 is 5.56 Å². The summed E-state index contributed by atoms with van der Waals surface area (Å²) in [5, 5.41) is 0. The summed E-state index contributed by atoms with van der Waals surface area (Å²) < 4.78 is 6.31. The molecule has 0 spiro atoms. The van der Waals surface area contributed by atoms with Crippen LogP contribution in [0.5, 0.6) is 0 Å². The zero-order chi connectivity index (χ0) is 12.0. The normalized spacial score (nSPS) is 10.6. The zero-order valence-corrected chi connectivity index (χ0v) is 9.47. The van der Waals surface area contributed by atoms with Gasteiger partial charge in [-0.1, -0.05) is 12.1 Å². The minimum atomic E-state index is -0.385. The van der Waals surface area contributed by atoms with Crippen molar-refractivity contribution in [3.63, 3.8) is 0 Å². The molecule has 4 nitrogen and oxygen atoms in total. The van der Waals surface area contributed by atoms with Gasteiger partial charge in [0.2, 0.25) is 0 Å². The summed E-state index contributed by atoms with van der Waals surface area (Å²) in [5.41, 5.74) is 0.787. The van der Waals surface area contributed by atoms with Crippen molar-refractivity contribution in [2.45, 2.75) is 20.4 Å². The second-order valence-electron chi connectivity index (χ2n) is 3.27. The lowest BCUT2D eigenvalue weighted by Gasteiger charge is -2.05. The Morgan fingerprint density at radius 3 is 2.88 bits per heavy atom. The van der Waals surface area contributed by atoms with Gasteiger partial charge in [-0.15, -0.1) is 0 Å². The Labute approximate surface area is 94.2 Å². The number of carbonyl (C=O) groups excluding carboxylic acids is 1. The first-order chi connectivity index (χ1) is 7.65. The Morgan fingerprint density at radius 2 is 2.25 bits per heavy atom. The largest absolute Gasteiger partial charge is 0.463 e. The summed E-state index contributed by atoms with van der Waals surface area (Å²) in [6.45, 7) is 4.33. The van der Waals surface area contributed by atoms with Crippen LogP contribution in [0.25, 0.3) is 0 Å². The minimum absolute atomic E-state index is 0.0755. The van der Waals surface area contributed by atoms with E-state index in [9.17, 15) is 9.59 Å². The summed E-state index contributed by atoms with van der Waals surface area (Å²) >= 11 is 0. The molecule has 0 atom stereocenters. The standard InChI is InChI=1S/C12H15NO3/c1-3-16-12(15)8-5-9-13-10(2)6-4-7-11(13)14/h4-8H,3,9H2,1-2H3/b8-5+. The van der Waals surface area contributed by atoms with Gasteiger partial charge in [-0.2, -0.15) is 0 Å². The highest BCUT2D eigenvalue weighted by Crippen LogP contribution is 1.94.